The number of sulfonamides is 1. The molecule has 1 fully saturated rings. The Kier molecular flexibility index (Phi) is 6.16. The van der Waals surface area contributed by atoms with Crippen molar-refractivity contribution in [3.63, 3.8) is 0 Å². The monoisotopic (exact) mass is 470 g/mol. The van der Waals surface area contributed by atoms with Crippen LogP contribution in [0, 0.1) is 0 Å². The molecule has 1 amide bonds. The van der Waals surface area contributed by atoms with E-state index in [9.17, 15) is 31.8 Å². The summed E-state index contributed by atoms with van der Waals surface area (Å²) >= 11 is 0. The lowest BCUT2D eigenvalue weighted by molar-refractivity contribution is -0.114. The second kappa shape index (κ2) is 8.36. The fourth-order valence-corrected chi connectivity index (χ4v) is 6.98. The number of hydrogen-bond donors (Lipinski definition) is 3. The summed E-state index contributed by atoms with van der Waals surface area (Å²) in [5.41, 5.74) is 0.0876. The van der Waals surface area contributed by atoms with Crippen molar-refractivity contribution < 1.29 is 36.6 Å². The first kappa shape index (κ1) is 22.8. The zero-order valence-electron chi connectivity index (χ0n) is 16.7. The molecule has 0 spiro atoms. The molecule has 10 nitrogen and oxygen atoms in total. The molecule has 3 N–H and O–H groups in total. The largest absolute Gasteiger partial charge is 0.508 e. The number of aliphatic hydroxyl groups excluding tert-OH is 1. The number of methoxy groups -OCH3 is 1. The van der Waals surface area contributed by atoms with E-state index in [-0.39, 0.29) is 27.8 Å². The van der Waals surface area contributed by atoms with Gasteiger partial charge in [0.2, 0.25) is 5.91 Å². The van der Waals surface area contributed by atoms with Gasteiger partial charge in [-0.3, -0.25) is 9.10 Å². The number of nitrogens with zero attached hydrogens (tertiary/aromatic N) is 1. The van der Waals surface area contributed by atoms with Gasteiger partial charge in [-0.1, -0.05) is 6.07 Å². The Hall–Kier alpha value is -2.83. The van der Waals surface area contributed by atoms with E-state index in [0.717, 1.165) is 10.4 Å². The Morgan fingerprint density at radius 2 is 1.90 bits per heavy atom. The summed E-state index contributed by atoms with van der Waals surface area (Å²) < 4.78 is 57.3. The highest BCUT2D eigenvalue weighted by Gasteiger charge is 2.45. The molecule has 12 heteroatoms. The van der Waals surface area contributed by atoms with Crippen LogP contribution in [0.5, 0.6) is 11.5 Å². The van der Waals surface area contributed by atoms with Gasteiger partial charge in [-0.25, -0.2) is 16.8 Å². The summed E-state index contributed by atoms with van der Waals surface area (Å²) in [5, 5.41) is 22.7. The number of benzene rings is 2. The lowest BCUT2D eigenvalue weighted by Crippen LogP contribution is -2.47. The van der Waals surface area contributed by atoms with Gasteiger partial charge in [-0.05, 0) is 30.3 Å². The molecule has 1 saturated heterocycles. The summed E-state index contributed by atoms with van der Waals surface area (Å²) in [4.78, 5) is 11.2. The number of rotatable bonds is 6. The number of hydrogen-bond acceptors (Lipinski definition) is 8. The van der Waals surface area contributed by atoms with Crippen LogP contribution in [0.3, 0.4) is 0 Å². The van der Waals surface area contributed by atoms with Gasteiger partial charge in [-0.2, -0.15) is 0 Å². The van der Waals surface area contributed by atoms with Crippen molar-refractivity contribution in [2.45, 2.75) is 24.0 Å². The smallest absolute Gasteiger partial charge is 0.264 e. The predicted molar refractivity (Wildman–Crippen MR) is 114 cm³/mol. The highest BCUT2D eigenvalue weighted by molar-refractivity contribution is 7.93. The molecule has 1 heterocycles. The maximum absolute atomic E-state index is 13.6. The van der Waals surface area contributed by atoms with Gasteiger partial charge in [0, 0.05) is 13.0 Å². The van der Waals surface area contributed by atoms with E-state index in [4.69, 9.17) is 4.74 Å². The Morgan fingerprint density at radius 1 is 1.19 bits per heavy atom. The lowest BCUT2D eigenvalue weighted by Gasteiger charge is -2.31. The third-order valence-corrected chi connectivity index (χ3v) is 8.27. The minimum atomic E-state index is -4.43. The third kappa shape index (κ3) is 4.75. The fourth-order valence-electron chi connectivity index (χ4n) is 3.42. The Bertz CT molecular complexity index is 1210. The summed E-state index contributed by atoms with van der Waals surface area (Å²) in [7, 11) is -6.76. The van der Waals surface area contributed by atoms with Crippen LogP contribution in [0.1, 0.15) is 6.92 Å². The standard InChI is InChI=1S/C19H22N2O8S2/c1-12(22)20-16-9-15(6-7-19(16)29-2)31(27,28)21(13-4-3-5-14(23)8-13)17-10-30(25,26)11-18(17)24/h3-9,17-18,23-24H,10-11H2,1-2H3,(H,20,22)/t17-,18+/m1/s1. The maximum Gasteiger partial charge on any atom is 0.264 e. The van der Waals surface area contributed by atoms with E-state index in [1.54, 1.807) is 0 Å². The van der Waals surface area contributed by atoms with Gasteiger partial charge < -0.3 is 20.3 Å². The van der Waals surface area contributed by atoms with Crippen molar-refractivity contribution in [2.75, 3.05) is 28.2 Å². The zero-order chi connectivity index (χ0) is 23.0. The van der Waals surface area contributed by atoms with Crippen LogP contribution in [0.15, 0.2) is 47.4 Å². The molecule has 168 valence electrons. The number of aliphatic hydroxyl groups is 1. The van der Waals surface area contributed by atoms with Crippen LogP contribution in [0.25, 0.3) is 0 Å². The summed E-state index contributed by atoms with van der Waals surface area (Å²) in [5.74, 6) is -1.63. The number of aromatic hydroxyl groups is 1. The van der Waals surface area contributed by atoms with E-state index in [2.05, 4.69) is 5.32 Å². The van der Waals surface area contributed by atoms with Crippen LogP contribution in [0.2, 0.25) is 0 Å². The molecule has 2 aromatic carbocycles. The zero-order valence-corrected chi connectivity index (χ0v) is 18.4. The van der Waals surface area contributed by atoms with E-state index < -0.39 is 49.4 Å². The summed E-state index contributed by atoms with van der Waals surface area (Å²) in [6, 6.07) is 7.74. The van der Waals surface area contributed by atoms with Crippen LogP contribution in [0.4, 0.5) is 11.4 Å². The molecule has 1 aliphatic heterocycles. The normalized spacial score (nSPS) is 20.2. The van der Waals surface area contributed by atoms with Crippen molar-refractivity contribution >= 4 is 37.1 Å². The molecule has 1 aliphatic rings. The summed E-state index contributed by atoms with van der Waals surface area (Å²) in [6.07, 6.45) is -1.46. The quantitative estimate of drug-likeness (QED) is 0.559. The average molecular weight is 471 g/mol. The SMILES string of the molecule is COc1ccc(S(=O)(=O)N(c2cccc(O)c2)[C@@H]2CS(=O)(=O)C[C@@H]2O)cc1NC(C)=O. The van der Waals surface area contributed by atoms with Gasteiger partial charge in [0.25, 0.3) is 10.0 Å². The van der Waals surface area contributed by atoms with Crippen molar-refractivity contribution in [3.8, 4) is 11.5 Å². The first-order valence-electron chi connectivity index (χ1n) is 9.12. The number of amides is 1. The van der Waals surface area contributed by atoms with Gasteiger partial charge in [0.05, 0.1) is 47.0 Å². The Morgan fingerprint density at radius 3 is 2.45 bits per heavy atom. The van der Waals surface area contributed by atoms with Crippen molar-refractivity contribution in [2.24, 2.45) is 0 Å². The van der Waals surface area contributed by atoms with E-state index in [1.165, 1.54) is 50.4 Å². The summed E-state index contributed by atoms with van der Waals surface area (Å²) in [6.45, 7) is 1.25. The van der Waals surface area contributed by atoms with Crippen LogP contribution >= 0.6 is 0 Å². The van der Waals surface area contributed by atoms with Crippen LogP contribution < -0.4 is 14.4 Å². The third-order valence-electron chi connectivity index (χ3n) is 4.72. The predicted octanol–water partition coefficient (Wildman–Crippen LogP) is 0.712. The number of anilines is 2. The van der Waals surface area contributed by atoms with Gasteiger partial charge in [0.1, 0.15) is 11.5 Å². The number of sulfone groups is 1. The fraction of sp³-hybridized carbons (Fsp3) is 0.316. The number of phenolic OH excluding ortho intramolecular Hbond substituents is 1. The lowest BCUT2D eigenvalue weighted by atomic mass is 10.2. The molecule has 0 aromatic heterocycles. The number of carbonyl (C=O) groups excluding carboxylic acids is 1. The van der Waals surface area contributed by atoms with Gasteiger partial charge in [0.15, 0.2) is 9.84 Å². The number of carbonyl (C=O) groups is 1. The topological polar surface area (TPSA) is 150 Å². The molecule has 0 unspecified atom stereocenters. The molecule has 2 atom stereocenters. The molecule has 0 bridgehead atoms. The van der Waals surface area contributed by atoms with Crippen molar-refractivity contribution in [1.82, 2.24) is 0 Å². The number of ether oxygens (including phenoxy) is 1. The first-order chi connectivity index (χ1) is 14.4. The van der Waals surface area contributed by atoms with Gasteiger partial charge in [-0.15, -0.1) is 0 Å². The highest BCUT2D eigenvalue weighted by Crippen LogP contribution is 2.35. The Labute approximate surface area is 180 Å². The van der Waals surface area contributed by atoms with Crippen LogP contribution in [-0.2, 0) is 24.7 Å². The maximum atomic E-state index is 13.6. The minimum absolute atomic E-state index is 0.0157. The molecule has 31 heavy (non-hydrogen) atoms. The van der Waals surface area contributed by atoms with E-state index >= 15 is 0 Å². The van der Waals surface area contributed by atoms with Crippen LogP contribution in [-0.4, -0.2) is 63.7 Å². The Balaban J connectivity index is 2.18. The minimum Gasteiger partial charge on any atom is -0.508 e. The van der Waals surface area contributed by atoms with E-state index in [0.29, 0.717) is 0 Å². The molecule has 0 saturated carbocycles. The van der Waals surface area contributed by atoms with Crippen molar-refractivity contribution in [1.29, 1.82) is 0 Å². The molecule has 0 aliphatic carbocycles. The number of nitrogens with one attached hydrogen (secondary N) is 1. The second-order valence-corrected chi connectivity index (χ2v) is 11.0. The molecular formula is C19H22N2O8S2. The first-order valence-corrected chi connectivity index (χ1v) is 12.4. The van der Waals surface area contributed by atoms with Crippen molar-refractivity contribution in [3.05, 3.63) is 42.5 Å². The molecule has 3 rings (SSSR count). The molecule has 2 aromatic rings. The van der Waals surface area contributed by atoms with Gasteiger partial charge >= 0.3 is 0 Å². The molecular weight excluding hydrogens is 448 g/mol. The molecule has 0 radical (unpaired) electrons. The second-order valence-electron chi connectivity index (χ2n) is 7.08. The van der Waals surface area contributed by atoms with E-state index in [1.807, 2.05) is 0 Å². The average Bonchev–Trinajstić information content (AvgIpc) is 2.93. The highest BCUT2D eigenvalue weighted by atomic mass is 32.2. The number of phenols is 1.